The molecule has 3 nitrogen and oxygen atoms in total. The van der Waals surface area contributed by atoms with Gasteiger partial charge in [-0.15, -0.1) is 0 Å². The summed E-state index contributed by atoms with van der Waals surface area (Å²) in [6, 6.07) is 5.28. The number of hydrogen-bond acceptors (Lipinski definition) is 2. The first-order valence-corrected chi connectivity index (χ1v) is 6.05. The van der Waals surface area contributed by atoms with Crippen LogP contribution in [0.4, 0.5) is 0 Å². The van der Waals surface area contributed by atoms with E-state index in [1.165, 1.54) is 0 Å². The molecule has 1 saturated heterocycles. The van der Waals surface area contributed by atoms with E-state index in [0.29, 0.717) is 29.6 Å². The lowest BCUT2D eigenvalue weighted by atomic mass is 10.1. The zero-order valence-corrected chi connectivity index (χ0v) is 10.6. The van der Waals surface area contributed by atoms with Crippen molar-refractivity contribution < 1.29 is 9.59 Å². The van der Waals surface area contributed by atoms with Gasteiger partial charge in [-0.25, -0.2) is 0 Å². The minimum Gasteiger partial charge on any atom is -0.338 e. The number of amides is 1. The standard InChI is InChI=1S/C12H11Cl2NO2/c13-10-2-1-8(5-11(10)14)7-15-4-3-9(16)6-12(15)17/h1-2,5H,3-4,6-7H2. The average molecular weight is 272 g/mol. The maximum atomic E-state index is 11.6. The van der Waals surface area contributed by atoms with Gasteiger partial charge in [0.1, 0.15) is 5.78 Å². The summed E-state index contributed by atoms with van der Waals surface area (Å²) >= 11 is 11.7. The molecular formula is C12H11Cl2NO2. The van der Waals surface area contributed by atoms with Crippen LogP contribution in [0.15, 0.2) is 18.2 Å². The number of carbonyl (C=O) groups excluding carboxylic acids is 2. The molecule has 1 aliphatic rings. The Labute approximate surface area is 109 Å². The van der Waals surface area contributed by atoms with Crippen LogP contribution in [-0.4, -0.2) is 23.1 Å². The van der Waals surface area contributed by atoms with E-state index in [1.54, 1.807) is 17.0 Å². The molecule has 0 bridgehead atoms. The van der Waals surface area contributed by atoms with Crippen molar-refractivity contribution in [2.45, 2.75) is 19.4 Å². The summed E-state index contributed by atoms with van der Waals surface area (Å²) in [5.74, 6) is -0.104. The molecule has 0 aromatic heterocycles. The van der Waals surface area contributed by atoms with Crippen molar-refractivity contribution >= 4 is 34.9 Å². The van der Waals surface area contributed by atoms with Gasteiger partial charge in [0.15, 0.2) is 0 Å². The van der Waals surface area contributed by atoms with Crippen LogP contribution in [0, 0.1) is 0 Å². The molecule has 1 heterocycles. The summed E-state index contributed by atoms with van der Waals surface area (Å²) in [5.41, 5.74) is 0.919. The molecule has 0 N–H and O–H groups in total. The monoisotopic (exact) mass is 271 g/mol. The number of halogens is 2. The number of likely N-dealkylation sites (tertiary alicyclic amines) is 1. The van der Waals surface area contributed by atoms with E-state index in [0.717, 1.165) is 5.56 Å². The Kier molecular flexibility index (Phi) is 3.69. The van der Waals surface area contributed by atoms with E-state index in [1.807, 2.05) is 6.07 Å². The normalized spacial score (nSPS) is 16.5. The maximum Gasteiger partial charge on any atom is 0.230 e. The van der Waals surface area contributed by atoms with Crippen molar-refractivity contribution in [3.63, 3.8) is 0 Å². The molecule has 1 aliphatic heterocycles. The minimum atomic E-state index is -0.118. The highest BCUT2D eigenvalue weighted by molar-refractivity contribution is 6.42. The Morgan fingerprint density at radius 3 is 2.59 bits per heavy atom. The van der Waals surface area contributed by atoms with E-state index in [-0.39, 0.29) is 18.1 Å². The van der Waals surface area contributed by atoms with Gasteiger partial charge in [-0.1, -0.05) is 29.3 Å². The van der Waals surface area contributed by atoms with Crippen LogP contribution in [0.5, 0.6) is 0 Å². The lowest BCUT2D eigenvalue weighted by Gasteiger charge is -2.26. The molecule has 1 amide bonds. The number of hydrogen-bond donors (Lipinski definition) is 0. The van der Waals surface area contributed by atoms with Gasteiger partial charge in [-0.05, 0) is 17.7 Å². The molecule has 0 aliphatic carbocycles. The second-order valence-corrected chi connectivity index (χ2v) is 4.84. The third-order valence-electron chi connectivity index (χ3n) is 2.72. The Balaban J connectivity index is 2.08. The Bertz CT molecular complexity index is 474. The van der Waals surface area contributed by atoms with Gasteiger partial charge in [0.2, 0.25) is 5.91 Å². The molecule has 1 aromatic carbocycles. The van der Waals surface area contributed by atoms with Crippen LogP contribution in [0.3, 0.4) is 0 Å². The van der Waals surface area contributed by atoms with E-state index >= 15 is 0 Å². The van der Waals surface area contributed by atoms with E-state index in [4.69, 9.17) is 23.2 Å². The quantitative estimate of drug-likeness (QED) is 0.776. The third-order valence-corrected chi connectivity index (χ3v) is 3.46. The van der Waals surface area contributed by atoms with Crippen molar-refractivity contribution in [2.75, 3.05) is 6.54 Å². The predicted molar refractivity (Wildman–Crippen MR) is 66.1 cm³/mol. The molecule has 0 saturated carbocycles. The van der Waals surface area contributed by atoms with Gasteiger partial charge < -0.3 is 4.90 Å². The van der Waals surface area contributed by atoms with Crippen molar-refractivity contribution in [1.29, 1.82) is 0 Å². The highest BCUT2D eigenvalue weighted by atomic mass is 35.5. The first-order chi connectivity index (χ1) is 8.06. The zero-order chi connectivity index (χ0) is 12.4. The van der Waals surface area contributed by atoms with Crippen LogP contribution in [0.1, 0.15) is 18.4 Å². The van der Waals surface area contributed by atoms with Crippen molar-refractivity contribution in [3.8, 4) is 0 Å². The summed E-state index contributed by atoms with van der Waals surface area (Å²) < 4.78 is 0. The first-order valence-electron chi connectivity index (χ1n) is 5.29. The minimum absolute atomic E-state index is 0.0142. The number of nitrogens with zero attached hydrogens (tertiary/aromatic N) is 1. The van der Waals surface area contributed by atoms with E-state index in [9.17, 15) is 9.59 Å². The molecule has 0 radical (unpaired) electrons. The van der Waals surface area contributed by atoms with E-state index in [2.05, 4.69) is 0 Å². The summed E-state index contributed by atoms with van der Waals surface area (Å²) in [7, 11) is 0. The van der Waals surface area contributed by atoms with Crippen LogP contribution in [0.2, 0.25) is 10.0 Å². The second-order valence-electron chi connectivity index (χ2n) is 4.03. The van der Waals surface area contributed by atoms with Gasteiger partial charge in [0, 0.05) is 19.5 Å². The molecule has 0 spiro atoms. The van der Waals surface area contributed by atoms with E-state index < -0.39 is 0 Å². The second kappa shape index (κ2) is 5.07. The molecule has 90 valence electrons. The molecule has 1 fully saturated rings. The lowest BCUT2D eigenvalue weighted by molar-refractivity contribution is -0.139. The van der Waals surface area contributed by atoms with Gasteiger partial charge in [0.05, 0.1) is 16.5 Å². The molecule has 5 heteroatoms. The lowest BCUT2D eigenvalue weighted by Crippen LogP contribution is -2.38. The van der Waals surface area contributed by atoms with Crippen molar-refractivity contribution in [1.82, 2.24) is 4.90 Å². The largest absolute Gasteiger partial charge is 0.338 e. The first kappa shape index (κ1) is 12.4. The van der Waals surface area contributed by atoms with Crippen LogP contribution in [-0.2, 0) is 16.1 Å². The summed E-state index contributed by atoms with van der Waals surface area (Å²) in [6.07, 6.45) is 0.453. The predicted octanol–water partition coefficient (Wildman–Crippen LogP) is 2.68. The van der Waals surface area contributed by atoms with Gasteiger partial charge in [-0.3, -0.25) is 9.59 Å². The fraction of sp³-hybridized carbons (Fsp3) is 0.333. The topological polar surface area (TPSA) is 37.4 Å². The number of carbonyl (C=O) groups is 2. The smallest absolute Gasteiger partial charge is 0.230 e. The Hall–Kier alpha value is -1.06. The SMILES string of the molecule is O=C1CCN(Cc2ccc(Cl)c(Cl)c2)C(=O)C1. The van der Waals surface area contributed by atoms with Crippen molar-refractivity contribution in [3.05, 3.63) is 33.8 Å². The molecular weight excluding hydrogens is 261 g/mol. The summed E-state index contributed by atoms with van der Waals surface area (Å²) in [4.78, 5) is 24.4. The summed E-state index contributed by atoms with van der Waals surface area (Å²) in [5, 5.41) is 0.972. The number of rotatable bonds is 2. The van der Waals surface area contributed by atoms with Gasteiger partial charge >= 0.3 is 0 Å². The maximum absolute atomic E-state index is 11.6. The number of Topliss-reactive ketones (excluding diaryl/α,β-unsaturated/α-hetero) is 1. The number of benzene rings is 1. The van der Waals surface area contributed by atoms with Crippen LogP contribution >= 0.6 is 23.2 Å². The fourth-order valence-electron chi connectivity index (χ4n) is 1.78. The zero-order valence-electron chi connectivity index (χ0n) is 9.08. The van der Waals surface area contributed by atoms with Crippen molar-refractivity contribution in [2.24, 2.45) is 0 Å². The fourth-order valence-corrected chi connectivity index (χ4v) is 2.10. The highest BCUT2D eigenvalue weighted by Crippen LogP contribution is 2.23. The summed E-state index contributed by atoms with van der Waals surface area (Å²) in [6.45, 7) is 0.959. The Morgan fingerprint density at radius 2 is 1.94 bits per heavy atom. The Morgan fingerprint density at radius 1 is 1.18 bits per heavy atom. The molecule has 2 rings (SSSR count). The highest BCUT2D eigenvalue weighted by Gasteiger charge is 2.23. The molecule has 1 aromatic rings. The molecule has 17 heavy (non-hydrogen) atoms. The van der Waals surface area contributed by atoms with Gasteiger partial charge in [-0.2, -0.15) is 0 Å². The number of ketones is 1. The van der Waals surface area contributed by atoms with Gasteiger partial charge in [0.25, 0.3) is 0 Å². The third kappa shape index (κ3) is 2.99. The average Bonchev–Trinajstić information content (AvgIpc) is 2.27. The van der Waals surface area contributed by atoms with Crippen LogP contribution in [0.25, 0.3) is 0 Å². The number of piperidine rings is 1. The molecule has 0 atom stereocenters. The van der Waals surface area contributed by atoms with Crippen LogP contribution < -0.4 is 0 Å². The molecule has 0 unspecified atom stereocenters.